The first-order valence-electron chi connectivity index (χ1n) is 11.5. The number of nitrogens with zero attached hydrogens (tertiary/aromatic N) is 1. The molecule has 0 N–H and O–H groups in total. The van der Waals surface area contributed by atoms with Gasteiger partial charge in [-0.3, -0.25) is 19.2 Å². The van der Waals surface area contributed by atoms with Gasteiger partial charge in [-0.25, -0.2) is 4.98 Å². The molecule has 4 rings (SSSR count). The normalized spacial score (nSPS) is 35.8. The smallest absolute Gasteiger partial charge is 0.309 e. The van der Waals surface area contributed by atoms with Crippen LogP contribution in [0.2, 0.25) is 0 Å². The van der Waals surface area contributed by atoms with Crippen molar-refractivity contribution in [3.63, 3.8) is 0 Å². The molecule has 3 fully saturated rings. The fourth-order valence-corrected chi connectivity index (χ4v) is 6.65. The van der Waals surface area contributed by atoms with Crippen molar-refractivity contribution < 1.29 is 33.4 Å². The van der Waals surface area contributed by atoms with Gasteiger partial charge in [0.15, 0.2) is 11.9 Å². The Morgan fingerprint density at radius 2 is 1.94 bits per heavy atom. The lowest BCUT2D eigenvalue weighted by molar-refractivity contribution is -0.183. The third kappa shape index (κ3) is 4.04. The van der Waals surface area contributed by atoms with Crippen molar-refractivity contribution in [2.45, 2.75) is 58.0 Å². The summed E-state index contributed by atoms with van der Waals surface area (Å²) in [6.07, 6.45) is 3.04. The van der Waals surface area contributed by atoms with Gasteiger partial charge in [-0.15, -0.1) is 0 Å². The van der Waals surface area contributed by atoms with Crippen LogP contribution in [0.3, 0.4) is 0 Å². The van der Waals surface area contributed by atoms with Gasteiger partial charge < -0.3 is 14.2 Å². The summed E-state index contributed by atoms with van der Waals surface area (Å²) in [7, 11) is 2.88. The fraction of sp³-hybridized carbons (Fsp3) is 0.640. The molecule has 0 amide bonds. The maximum atomic E-state index is 13.7. The molecule has 1 heterocycles. The molecule has 1 aromatic rings. The molecule has 0 aliphatic heterocycles. The van der Waals surface area contributed by atoms with Crippen LogP contribution in [-0.2, 0) is 28.7 Å². The molecule has 33 heavy (non-hydrogen) atoms. The van der Waals surface area contributed by atoms with E-state index in [4.69, 9.17) is 14.2 Å². The van der Waals surface area contributed by atoms with E-state index in [1.807, 2.05) is 19.1 Å². The first kappa shape index (κ1) is 23.4. The second-order valence-electron chi connectivity index (χ2n) is 9.84. The number of methoxy groups -OCH3 is 2. The maximum absolute atomic E-state index is 13.7. The van der Waals surface area contributed by atoms with Crippen molar-refractivity contribution in [1.82, 2.24) is 4.98 Å². The molecule has 178 valence electrons. The number of esters is 2. The molecule has 3 aliphatic carbocycles. The van der Waals surface area contributed by atoms with Gasteiger partial charge in [0.05, 0.1) is 20.1 Å². The van der Waals surface area contributed by atoms with Gasteiger partial charge in [0.25, 0.3) is 0 Å². The van der Waals surface area contributed by atoms with Crippen LogP contribution in [-0.4, -0.2) is 48.8 Å². The van der Waals surface area contributed by atoms with E-state index in [0.717, 1.165) is 5.56 Å². The molecule has 7 atom stereocenters. The number of hydrogen-bond donors (Lipinski definition) is 0. The predicted molar refractivity (Wildman–Crippen MR) is 116 cm³/mol. The zero-order valence-corrected chi connectivity index (χ0v) is 19.5. The summed E-state index contributed by atoms with van der Waals surface area (Å²) in [5.74, 6) is -2.19. The van der Waals surface area contributed by atoms with Crippen molar-refractivity contribution in [2.24, 2.45) is 29.1 Å². The largest absolute Gasteiger partial charge is 0.481 e. The molecule has 0 spiro atoms. The van der Waals surface area contributed by atoms with Gasteiger partial charge in [0, 0.05) is 43.9 Å². The molecule has 1 aromatic heterocycles. The second kappa shape index (κ2) is 8.88. The molecular formula is C25H31NO7. The SMILES string of the molecule is COC(=O)[C@@H]1C[C@H](OC(C)=O)C(=O)[C@@H]2[C@H]3C[C@@H](c4ccnc(OC)c4)CC(=O)[C@@H]3CC[C@]21C. The first-order valence-corrected chi connectivity index (χ1v) is 11.5. The van der Waals surface area contributed by atoms with Gasteiger partial charge in [-0.2, -0.15) is 0 Å². The molecule has 3 aliphatic rings. The summed E-state index contributed by atoms with van der Waals surface area (Å²) in [6, 6.07) is 3.71. The van der Waals surface area contributed by atoms with E-state index < -0.39 is 35.3 Å². The minimum atomic E-state index is -1.00. The lowest BCUT2D eigenvalue weighted by Crippen LogP contribution is -2.60. The Labute approximate surface area is 193 Å². The minimum Gasteiger partial charge on any atom is -0.481 e. The van der Waals surface area contributed by atoms with E-state index in [1.54, 1.807) is 13.3 Å². The zero-order chi connectivity index (χ0) is 23.9. The molecule has 0 radical (unpaired) electrons. The van der Waals surface area contributed by atoms with Crippen molar-refractivity contribution >= 4 is 23.5 Å². The first-order chi connectivity index (χ1) is 15.7. The average molecular weight is 458 g/mol. The Hall–Kier alpha value is -2.77. The quantitative estimate of drug-likeness (QED) is 0.635. The minimum absolute atomic E-state index is 0.0727. The zero-order valence-electron chi connectivity index (χ0n) is 19.5. The number of rotatable bonds is 4. The number of aromatic nitrogens is 1. The molecule has 0 bridgehead atoms. The van der Waals surface area contributed by atoms with Crippen molar-refractivity contribution in [3.05, 3.63) is 23.9 Å². The summed E-state index contributed by atoms with van der Waals surface area (Å²) in [5.41, 5.74) is 0.297. The number of ketones is 2. The molecule has 0 saturated heterocycles. The standard InChI is InChI=1S/C25H31NO7/c1-13(27)33-20-12-18(24(30)32-4)25(2)7-5-16-17(22(25)23(20)29)9-15(10-19(16)28)14-6-8-26-21(11-14)31-3/h6,8,11,15-18,20,22H,5,7,9-10,12H2,1-4H3/t15-,16-,17+,18+,20+,22+,25+/m1/s1. The third-order valence-electron chi connectivity index (χ3n) is 8.17. The van der Waals surface area contributed by atoms with Crippen LogP contribution >= 0.6 is 0 Å². The van der Waals surface area contributed by atoms with E-state index in [1.165, 1.54) is 14.0 Å². The Kier molecular flexibility index (Phi) is 6.29. The fourth-order valence-electron chi connectivity index (χ4n) is 6.65. The number of carbonyl (C=O) groups is 4. The topological polar surface area (TPSA) is 109 Å². The van der Waals surface area contributed by atoms with E-state index in [9.17, 15) is 19.2 Å². The molecule has 8 heteroatoms. The highest BCUT2D eigenvalue weighted by Crippen LogP contribution is 2.60. The Bertz CT molecular complexity index is 975. The van der Waals surface area contributed by atoms with Crippen molar-refractivity contribution in [1.29, 1.82) is 0 Å². The highest BCUT2D eigenvalue weighted by atomic mass is 16.5. The highest BCUT2D eigenvalue weighted by molar-refractivity contribution is 5.93. The Morgan fingerprint density at radius 1 is 1.18 bits per heavy atom. The highest BCUT2D eigenvalue weighted by Gasteiger charge is 2.62. The van der Waals surface area contributed by atoms with Gasteiger partial charge in [-0.1, -0.05) is 6.92 Å². The van der Waals surface area contributed by atoms with Crippen LogP contribution in [0.4, 0.5) is 0 Å². The molecule has 8 nitrogen and oxygen atoms in total. The van der Waals surface area contributed by atoms with Gasteiger partial charge in [0.1, 0.15) is 5.78 Å². The van der Waals surface area contributed by atoms with E-state index >= 15 is 0 Å². The monoisotopic (exact) mass is 457 g/mol. The number of ether oxygens (including phenoxy) is 3. The van der Waals surface area contributed by atoms with Crippen LogP contribution in [0, 0.1) is 29.1 Å². The number of pyridine rings is 1. The second-order valence-corrected chi connectivity index (χ2v) is 9.84. The number of carbonyl (C=O) groups excluding carboxylic acids is 4. The van der Waals surface area contributed by atoms with E-state index in [0.29, 0.717) is 31.6 Å². The van der Waals surface area contributed by atoms with Crippen LogP contribution < -0.4 is 4.74 Å². The predicted octanol–water partition coefficient (Wildman–Crippen LogP) is 2.88. The molecule has 0 unspecified atom stereocenters. The Morgan fingerprint density at radius 3 is 2.61 bits per heavy atom. The summed E-state index contributed by atoms with van der Waals surface area (Å²) >= 11 is 0. The summed E-state index contributed by atoms with van der Waals surface area (Å²) in [5, 5.41) is 0. The average Bonchev–Trinajstić information content (AvgIpc) is 2.79. The molecule has 3 saturated carbocycles. The third-order valence-corrected chi connectivity index (χ3v) is 8.17. The number of fused-ring (bicyclic) bond motifs is 3. The van der Waals surface area contributed by atoms with Crippen LogP contribution in [0.5, 0.6) is 5.88 Å². The van der Waals surface area contributed by atoms with Crippen LogP contribution in [0.25, 0.3) is 0 Å². The lowest BCUT2D eigenvalue weighted by Gasteiger charge is -2.56. The summed E-state index contributed by atoms with van der Waals surface area (Å²) in [4.78, 5) is 55.6. The van der Waals surface area contributed by atoms with Crippen molar-refractivity contribution in [2.75, 3.05) is 14.2 Å². The summed E-state index contributed by atoms with van der Waals surface area (Å²) < 4.78 is 15.7. The molecular weight excluding hydrogens is 426 g/mol. The van der Waals surface area contributed by atoms with Crippen molar-refractivity contribution in [3.8, 4) is 5.88 Å². The van der Waals surface area contributed by atoms with Gasteiger partial charge in [0.2, 0.25) is 5.88 Å². The van der Waals surface area contributed by atoms with E-state index in [2.05, 4.69) is 4.98 Å². The van der Waals surface area contributed by atoms with Gasteiger partial charge in [-0.05, 0) is 48.1 Å². The van der Waals surface area contributed by atoms with Crippen LogP contribution in [0.15, 0.2) is 18.3 Å². The summed E-state index contributed by atoms with van der Waals surface area (Å²) in [6.45, 7) is 3.22. The lowest BCUT2D eigenvalue weighted by atomic mass is 9.46. The van der Waals surface area contributed by atoms with Gasteiger partial charge >= 0.3 is 11.9 Å². The maximum Gasteiger partial charge on any atom is 0.309 e. The van der Waals surface area contributed by atoms with E-state index in [-0.39, 0.29) is 35.7 Å². The molecule has 0 aromatic carbocycles. The Balaban J connectivity index is 1.72. The van der Waals surface area contributed by atoms with Crippen LogP contribution in [0.1, 0.15) is 57.4 Å². The number of hydrogen-bond acceptors (Lipinski definition) is 8. The number of Topliss-reactive ketones (excluding diaryl/α,β-unsaturated/α-hetero) is 2.